The highest BCUT2D eigenvalue weighted by Gasteiger charge is 2.32. The second-order valence-corrected chi connectivity index (χ2v) is 7.30. The van der Waals surface area contributed by atoms with Crippen LogP contribution in [0.4, 0.5) is 10.5 Å². The van der Waals surface area contributed by atoms with Gasteiger partial charge in [-0.25, -0.2) is 4.79 Å². The number of anilines is 1. The van der Waals surface area contributed by atoms with Crippen LogP contribution in [0.2, 0.25) is 0 Å². The number of urea groups is 1. The Morgan fingerprint density at radius 2 is 1.90 bits per heavy atom. The first kappa shape index (κ1) is 21.2. The van der Waals surface area contributed by atoms with Crippen LogP contribution in [0.25, 0.3) is 0 Å². The summed E-state index contributed by atoms with van der Waals surface area (Å²) in [7, 11) is 3.09. The molecule has 0 unspecified atom stereocenters. The Bertz CT molecular complexity index is 975. The summed E-state index contributed by atoms with van der Waals surface area (Å²) >= 11 is 0. The molecule has 1 aliphatic rings. The summed E-state index contributed by atoms with van der Waals surface area (Å²) < 4.78 is 22.1. The molecule has 0 bridgehead atoms. The predicted molar refractivity (Wildman–Crippen MR) is 115 cm³/mol. The minimum atomic E-state index is -0.367. The minimum Gasteiger partial charge on any atom is -0.493 e. The van der Waals surface area contributed by atoms with Crippen LogP contribution < -0.4 is 29.6 Å². The van der Waals surface area contributed by atoms with Crippen molar-refractivity contribution in [2.45, 2.75) is 25.9 Å². The number of ether oxygens (including phenoxy) is 4. The molecular formula is C23H26N2O5. The van der Waals surface area contributed by atoms with Crippen LogP contribution in [-0.4, -0.2) is 39.0 Å². The van der Waals surface area contributed by atoms with Crippen LogP contribution in [0.3, 0.4) is 0 Å². The Hall–Kier alpha value is -3.53. The van der Waals surface area contributed by atoms with Gasteiger partial charge in [-0.1, -0.05) is 24.0 Å². The van der Waals surface area contributed by atoms with E-state index < -0.39 is 0 Å². The lowest BCUT2D eigenvalue weighted by Crippen LogP contribution is -2.28. The molecule has 2 amide bonds. The number of methoxy groups -OCH3 is 2. The standard InChI is InChI=1S/C23H26N2O5/c1-23(2)15-16-8-7-9-19(21(16)30-23)29-13-6-5-12-24-22(26)25-17-10-11-18(27-3)20(14-17)28-4/h7-11,14H,12-13,15H2,1-4H3,(H2,24,25,26). The molecule has 0 spiro atoms. The van der Waals surface area contributed by atoms with Crippen molar-refractivity contribution < 1.29 is 23.7 Å². The van der Waals surface area contributed by atoms with Crippen LogP contribution in [0, 0.1) is 11.8 Å². The summed E-state index contributed by atoms with van der Waals surface area (Å²) in [6.07, 6.45) is 0.852. The van der Waals surface area contributed by atoms with Crippen molar-refractivity contribution in [1.29, 1.82) is 0 Å². The zero-order valence-electron chi connectivity index (χ0n) is 17.6. The van der Waals surface area contributed by atoms with E-state index in [1.54, 1.807) is 25.3 Å². The van der Waals surface area contributed by atoms with Crippen molar-refractivity contribution in [1.82, 2.24) is 5.32 Å². The van der Waals surface area contributed by atoms with Gasteiger partial charge >= 0.3 is 6.03 Å². The quantitative estimate of drug-likeness (QED) is 0.712. The zero-order valence-corrected chi connectivity index (χ0v) is 17.6. The molecule has 2 aromatic carbocycles. The lowest BCUT2D eigenvalue weighted by molar-refractivity contribution is 0.133. The number of para-hydroxylation sites is 1. The van der Waals surface area contributed by atoms with Gasteiger partial charge in [0.05, 0.1) is 20.8 Å². The highest BCUT2D eigenvalue weighted by atomic mass is 16.5. The summed E-state index contributed by atoms with van der Waals surface area (Å²) in [5.74, 6) is 8.36. The Kier molecular flexibility index (Phi) is 6.58. The highest BCUT2D eigenvalue weighted by Crippen LogP contribution is 2.41. The molecule has 0 aromatic heterocycles. The van der Waals surface area contributed by atoms with Crippen LogP contribution in [0.15, 0.2) is 36.4 Å². The molecule has 1 aliphatic heterocycles. The lowest BCUT2D eigenvalue weighted by atomic mass is 10.0. The number of benzene rings is 2. The Morgan fingerprint density at radius 3 is 2.67 bits per heavy atom. The first-order valence-corrected chi connectivity index (χ1v) is 9.58. The maximum atomic E-state index is 12.0. The van der Waals surface area contributed by atoms with E-state index in [4.69, 9.17) is 18.9 Å². The van der Waals surface area contributed by atoms with E-state index in [1.165, 1.54) is 7.11 Å². The van der Waals surface area contributed by atoms with Gasteiger partial charge in [0.25, 0.3) is 0 Å². The number of nitrogens with one attached hydrogen (secondary N) is 2. The van der Waals surface area contributed by atoms with Crippen LogP contribution in [0.1, 0.15) is 19.4 Å². The predicted octanol–water partition coefficient (Wildman–Crippen LogP) is 3.62. The molecule has 0 atom stereocenters. The molecule has 7 nitrogen and oxygen atoms in total. The molecule has 30 heavy (non-hydrogen) atoms. The van der Waals surface area contributed by atoms with E-state index in [0.29, 0.717) is 22.9 Å². The van der Waals surface area contributed by atoms with E-state index in [0.717, 1.165) is 17.7 Å². The third-order valence-electron chi connectivity index (χ3n) is 4.46. The Morgan fingerprint density at radius 1 is 1.10 bits per heavy atom. The van der Waals surface area contributed by atoms with Gasteiger partial charge in [-0.3, -0.25) is 0 Å². The second-order valence-electron chi connectivity index (χ2n) is 7.30. The van der Waals surface area contributed by atoms with Crippen LogP contribution in [0.5, 0.6) is 23.0 Å². The van der Waals surface area contributed by atoms with Crippen molar-refractivity contribution in [2.24, 2.45) is 0 Å². The summed E-state index contributed by atoms with van der Waals surface area (Å²) in [4.78, 5) is 12.0. The number of carbonyl (C=O) groups is 1. The number of fused-ring (bicyclic) bond motifs is 1. The molecule has 0 saturated carbocycles. The Labute approximate surface area is 176 Å². The van der Waals surface area contributed by atoms with E-state index in [9.17, 15) is 4.79 Å². The van der Waals surface area contributed by atoms with Crippen molar-refractivity contribution >= 4 is 11.7 Å². The van der Waals surface area contributed by atoms with Crippen LogP contribution >= 0.6 is 0 Å². The van der Waals surface area contributed by atoms with Gasteiger partial charge in [-0.2, -0.15) is 0 Å². The minimum absolute atomic E-state index is 0.193. The molecule has 3 rings (SSSR count). The van der Waals surface area contributed by atoms with Crippen molar-refractivity contribution in [3.05, 3.63) is 42.0 Å². The fourth-order valence-corrected chi connectivity index (χ4v) is 3.14. The number of hydrogen-bond donors (Lipinski definition) is 2. The fourth-order valence-electron chi connectivity index (χ4n) is 3.14. The van der Waals surface area contributed by atoms with Crippen molar-refractivity contribution in [2.75, 3.05) is 32.7 Å². The van der Waals surface area contributed by atoms with Gasteiger partial charge in [0.2, 0.25) is 0 Å². The molecular weight excluding hydrogens is 384 g/mol. The third kappa shape index (κ3) is 5.29. The van der Waals surface area contributed by atoms with Gasteiger partial charge in [0, 0.05) is 23.7 Å². The monoisotopic (exact) mass is 410 g/mol. The SMILES string of the molecule is COc1ccc(NC(=O)NCC#CCOc2cccc3c2OC(C)(C)C3)cc1OC. The molecule has 2 aromatic rings. The summed E-state index contributed by atoms with van der Waals surface area (Å²) in [5, 5.41) is 5.39. The molecule has 158 valence electrons. The van der Waals surface area contributed by atoms with Gasteiger partial charge in [-0.05, 0) is 32.0 Å². The normalized spacial score (nSPS) is 13.2. The average molecular weight is 410 g/mol. The van der Waals surface area contributed by atoms with Crippen LogP contribution in [-0.2, 0) is 6.42 Å². The topological polar surface area (TPSA) is 78.1 Å². The van der Waals surface area contributed by atoms with E-state index in [2.05, 4.69) is 36.3 Å². The number of hydrogen-bond acceptors (Lipinski definition) is 5. The van der Waals surface area contributed by atoms with Crippen molar-refractivity contribution in [3.8, 4) is 34.8 Å². The fraction of sp³-hybridized carbons (Fsp3) is 0.348. The van der Waals surface area contributed by atoms with Crippen molar-refractivity contribution in [3.63, 3.8) is 0 Å². The summed E-state index contributed by atoms with van der Waals surface area (Å²) in [6, 6.07) is 10.6. The molecule has 0 saturated heterocycles. The molecule has 2 N–H and O–H groups in total. The molecule has 0 fully saturated rings. The highest BCUT2D eigenvalue weighted by molar-refractivity contribution is 5.89. The first-order valence-electron chi connectivity index (χ1n) is 9.58. The zero-order chi connectivity index (χ0) is 21.6. The second kappa shape index (κ2) is 9.31. The van der Waals surface area contributed by atoms with Gasteiger partial charge in [-0.15, -0.1) is 0 Å². The molecule has 1 heterocycles. The number of carbonyl (C=O) groups excluding carboxylic acids is 1. The Balaban J connectivity index is 1.44. The van der Waals surface area contributed by atoms with E-state index in [1.807, 2.05) is 18.2 Å². The maximum Gasteiger partial charge on any atom is 0.319 e. The number of amides is 2. The first-order chi connectivity index (χ1) is 14.4. The summed E-state index contributed by atoms with van der Waals surface area (Å²) in [5.41, 5.74) is 1.50. The molecule has 7 heteroatoms. The molecule has 0 radical (unpaired) electrons. The maximum absolute atomic E-state index is 12.0. The van der Waals surface area contributed by atoms with E-state index in [-0.39, 0.29) is 24.8 Å². The molecule has 0 aliphatic carbocycles. The smallest absolute Gasteiger partial charge is 0.319 e. The third-order valence-corrected chi connectivity index (χ3v) is 4.46. The van der Waals surface area contributed by atoms with Gasteiger partial charge < -0.3 is 29.6 Å². The largest absolute Gasteiger partial charge is 0.493 e. The summed E-state index contributed by atoms with van der Waals surface area (Å²) in [6.45, 7) is 4.50. The number of rotatable bonds is 6. The average Bonchev–Trinajstić information content (AvgIpc) is 3.05. The lowest BCUT2D eigenvalue weighted by Gasteiger charge is -2.17. The van der Waals surface area contributed by atoms with Gasteiger partial charge in [0.15, 0.2) is 23.0 Å². The van der Waals surface area contributed by atoms with E-state index >= 15 is 0 Å². The van der Waals surface area contributed by atoms with Gasteiger partial charge in [0.1, 0.15) is 12.2 Å².